The maximum Gasteiger partial charge on any atom is 0.431 e. The Balaban J connectivity index is 1.15. The van der Waals surface area contributed by atoms with E-state index in [9.17, 15) is 18.0 Å². The Kier molecular flexibility index (Phi) is 8.07. The van der Waals surface area contributed by atoms with Crippen molar-refractivity contribution in [3.63, 3.8) is 0 Å². The fourth-order valence-electron chi connectivity index (χ4n) is 6.80. The summed E-state index contributed by atoms with van der Waals surface area (Å²) in [5.74, 6) is 1.43. The van der Waals surface area contributed by atoms with E-state index >= 15 is 0 Å². The first kappa shape index (κ1) is 32.9. The molecular weight excluding hydrogens is 657 g/mol. The smallest absolute Gasteiger partial charge is 0.431 e. The summed E-state index contributed by atoms with van der Waals surface area (Å²) in [5, 5.41) is 1.40. The maximum absolute atomic E-state index is 13.4. The molecule has 0 bridgehead atoms. The van der Waals surface area contributed by atoms with Gasteiger partial charge in [-0.15, -0.1) is 0 Å². The molecule has 262 valence electrons. The highest BCUT2D eigenvalue weighted by atomic mass is 19.4. The molecule has 2 aliphatic rings. The number of H-pyrrole nitrogens is 1. The molecule has 8 nitrogen and oxygen atoms in total. The molecule has 4 aromatic carbocycles. The van der Waals surface area contributed by atoms with Crippen molar-refractivity contribution >= 4 is 39.3 Å². The van der Waals surface area contributed by atoms with Crippen molar-refractivity contribution in [3.8, 4) is 33.8 Å². The van der Waals surface area contributed by atoms with Gasteiger partial charge in [0.1, 0.15) is 11.3 Å². The second-order valence-electron chi connectivity index (χ2n) is 14.0. The fourth-order valence-corrected chi connectivity index (χ4v) is 6.80. The molecule has 0 amide bonds. The standard InChI is InChI=1S/C40H37F3N4O4/c1-39(2,3)51-38(48)47-13-12-29-20-26(5-9-32(29)47)28-7-11-36-34(23-28)46(15-14-45-16-18-49-19-17-45)33-22-27(6-10-35(33)50-36)25-4-8-31-30(21-25)24-37(44-31)40(41,42)43/h4-13,20-24,44H,14-19H2,1-3H3. The molecular formula is C40H37F3N4O4. The van der Waals surface area contributed by atoms with Crippen LogP contribution in [-0.2, 0) is 15.7 Å². The molecule has 0 atom stereocenters. The number of nitrogens with zero attached hydrogens (tertiary/aromatic N) is 3. The molecule has 0 aliphatic carbocycles. The van der Waals surface area contributed by atoms with Crippen LogP contribution >= 0.6 is 0 Å². The number of ether oxygens (including phenoxy) is 3. The number of rotatable bonds is 5. The third kappa shape index (κ3) is 6.55. The van der Waals surface area contributed by atoms with Gasteiger partial charge in [0.2, 0.25) is 0 Å². The van der Waals surface area contributed by atoms with E-state index in [1.165, 1.54) is 4.57 Å². The SMILES string of the molecule is CC(C)(C)OC(=O)n1ccc2cc(-c3ccc4c(c3)N(CCN3CCOCC3)c3cc(-c5ccc6[nH]c(C(F)(F)F)cc6c5)ccc3O4)ccc21. The summed E-state index contributed by atoms with van der Waals surface area (Å²) in [6.07, 6.45) is -3.15. The normalized spacial score (nSPS) is 15.1. The van der Waals surface area contributed by atoms with Gasteiger partial charge < -0.3 is 24.1 Å². The van der Waals surface area contributed by atoms with Crippen LogP contribution in [0, 0.1) is 0 Å². The Labute approximate surface area is 292 Å². The van der Waals surface area contributed by atoms with Gasteiger partial charge in [-0.1, -0.05) is 24.3 Å². The minimum Gasteiger partial charge on any atom is -0.453 e. The molecule has 4 heterocycles. The van der Waals surface area contributed by atoms with Crippen LogP contribution < -0.4 is 9.64 Å². The average Bonchev–Trinajstić information content (AvgIpc) is 3.74. The zero-order valence-corrected chi connectivity index (χ0v) is 28.5. The van der Waals surface area contributed by atoms with Crippen molar-refractivity contribution in [3.05, 3.63) is 96.8 Å². The first-order valence-corrected chi connectivity index (χ1v) is 17.0. The van der Waals surface area contributed by atoms with Crippen LogP contribution in [0.4, 0.5) is 29.3 Å². The highest BCUT2D eigenvalue weighted by Crippen LogP contribution is 2.49. The number of anilines is 2. The van der Waals surface area contributed by atoms with E-state index in [1.807, 2.05) is 75.4 Å². The van der Waals surface area contributed by atoms with Crippen molar-refractivity contribution in [2.24, 2.45) is 0 Å². The van der Waals surface area contributed by atoms with E-state index < -0.39 is 23.6 Å². The van der Waals surface area contributed by atoms with E-state index in [-0.39, 0.29) is 0 Å². The van der Waals surface area contributed by atoms with E-state index in [2.05, 4.69) is 26.9 Å². The topological polar surface area (TPSA) is 72.0 Å². The van der Waals surface area contributed by atoms with E-state index in [0.717, 1.165) is 76.0 Å². The molecule has 11 heteroatoms. The predicted molar refractivity (Wildman–Crippen MR) is 192 cm³/mol. The predicted octanol–water partition coefficient (Wildman–Crippen LogP) is 9.83. The largest absolute Gasteiger partial charge is 0.453 e. The third-order valence-corrected chi connectivity index (χ3v) is 9.34. The molecule has 1 saturated heterocycles. The van der Waals surface area contributed by atoms with Crippen LogP contribution in [0.5, 0.6) is 11.5 Å². The zero-order chi connectivity index (χ0) is 35.5. The number of benzene rings is 4. The molecule has 0 saturated carbocycles. The number of aromatic amines is 1. The van der Waals surface area contributed by atoms with Crippen molar-refractivity contribution in [2.75, 3.05) is 44.3 Å². The summed E-state index contributed by atoms with van der Waals surface area (Å²) in [5.41, 5.74) is 5.24. The van der Waals surface area contributed by atoms with Crippen molar-refractivity contribution in [1.29, 1.82) is 0 Å². The van der Waals surface area contributed by atoms with Gasteiger partial charge in [-0.25, -0.2) is 4.79 Å². The molecule has 0 unspecified atom stereocenters. The number of halogens is 3. The summed E-state index contributed by atoms with van der Waals surface area (Å²) in [4.78, 5) is 20.0. The van der Waals surface area contributed by atoms with Gasteiger partial charge in [0.15, 0.2) is 11.5 Å². The molecule has 2 aliphatic heterocycles. The Bertz CT molecular complexity index is 2280. The van der Waals surface area contributed by atoms with Crippen LogP contribution in [-0.4, -0.2) is 65.5 Å². The van der Waals surface area contributed by atoms with E-state index in [0.29, 0.717) is 36.4 Å². The number of fused-ring (bicyclic) bond motifs is 4. The number of aromatic nitrogens is 2. The van der Waals surface area contributed by atoms with Gasteiger partial charge in [-0.3, -0.25) is 9.47 Å². The number of alkyl halides is 3. The molecule has 2 aromatic heterocycles. The van der Waals surface area contributed by atoms with Gasteiger partial charge in [0.05, 0.1) is 30.1 Å². The minimum atomic E-state index is -4.45. The van der Waals surface area contributed by atoms with Gasteiger partial charge in [-0.05, 0) is 104 Å². The van der Waals surface area contributed by atoms with Gasteiger partial charge in [-0.2, -0.15) is 13.2 Å². The molecule has 1 fully saturated rings. The number of hydrogen-bond donors (Lipinski definition) is 1. The lowest BCUT2D eigenvalue weighted by Gasteiger charge is -2.36. The lowest BCUT2D eigenvalue weighted by atomic mass is 10.00. The number of carbonyl (C=O) groups excluding carboxylic acids is 1. The summed E-state index contributed by atoms with van der Waals surface area (Å²) in [6, 6.07) is 26.4. The van der Waals surface area contributed by atoms with Crippen LogP contribution in [0.1, 0.15) is 26.5 Å². The monoisotopic (exact) mass is 694 g/mol. The Morgan fingerprint density at radius 2 is 1.37 bits per heavy atom. The number of carbonyl (C=O) groups is 1. The average molecular weight is 695 g/mol. The summed E-state index contributed by atoms with van der Waals surface area (Å²) in [7, 11) is 0. The van der Waals surface area contributed by atoms with Crippen LogP contribution in [0.25, 0.3) is 44.1 Å². The molecule has 0 radical (unpaired) electrons. The van der Waals surface area contributed by atoms with Crippen LogP contribution in [0.3, 0.4) is 0 Å². The Morgan fingerprint density at radius 3 is 2.02 bits per heavy atom. The van der Waals surface area contributed by atoms with Gasteiger partial charge in [0.25, 0.3) is 0 Å². The Hall–Kier alpha value is -5.26. The molecule has 0 spiro atoms. The van der Waals surface area contributed by atoms with E-state index in [1.54, 1.807) is 18.3 Å². The third-order valence-electron chi connectivity index (χ3n) is 9.34. The highest BCUT2D eigenvalue weighted by Gasteiger charge is 2.33. The molecule has 6 aromatic rings. The van der Waals surface area contributed by atoms with Crippen molar-refractivity contribution in [1.82, 2.24) is 14.5 Å². The maximum atomic E-state index is 13.4. The first-order chi connectivity index (χ1) is 24.4. The molecule has 1 N–H and O–H groups in total. The Morgan fingerprint density at radius 1 is 0.765 bits per heavy atom. The second-order valence-corrected chi connectivity index (χ2v) is 14.0. The van der Waals surface area contributed by atoms with Crippen molar-refractivity contribution in [2.45, 2.75) is 32.5 Å². The zero-order valence-electron chi connectivity index (χ0n) is 28.5. The summed E-state index contributed by atoms with van der Waals surface area (Å²) < 4.78 is 59.4. The van der Waals surface area contributed by atoms with Crippen LogP contribution in [0.15, 0.2) is 91.1 Å². The number of nitrogens with one attached hydrogen (secondary N) is 1. The molecule has 51 heavy (non-hydrogen) atoms. The lowest BCUT2D eigenvalue weighted by Crippen LogP contribution is -2.41. The van der Waals surface area contributed by atoms with Gasteiger partial charge in [0, 0.05) is 48.7 Å². The molecule has 8 rings (SSSR count). The summed E-state index contributed by atoms with van der Waals surface area (Å²) in [6.45, 7) is 10.1. The number of morpholine rings is 1. The van der Waals surface area contributed by atoms with Crippen molar-refractivity contribution < 1.29 is 32.2 Å². The van der Waals surface area contributed by atoms with Crippen LogP contribution in [0.2, 0.25) is 0 Å². The van der Waals surface area contributed by atoms with Gasteiger partial charge >= 0.3 is 12.3 Å². The second kappa shape index (κ2) is 12.5. The lowest BCUT2D eigenvalue weighted by molar-refractivity contribution is -0.140. The fraction of sp³-hybridized carbons (Fsp3) is 0.275. The first-order valence-electron chi connectivity index (χ1n) is 17.0. The summed E-state index contributed by atoms with van der Waals surface area (Å²) >= 11 is 0. The minimum absolute atomic E-state index is 0.427. The number of hydrogen-bond acceptors (Lipinski definition) is 6. The highest BCUT2D eigenvalue weighted by molar-refractivity contribution is 5.93. The van der Waals surface area contributed by atoms with E-state index in [4.69, 9.17) is 14.2 Å². The quantitative estimate of drug-likeness (QED) is 0.194.